The number of ether oxygens (including phenoxy) is 1. The molecule has 3 saturated heterocycles. The Labute approximate surface area is 406 Å². The first-order valence-corrected chi connectivity index (χ1v) is 25.6. The summed E-state index contributed by atoms with van der Waals surface area (Å²) in [6.07, 6.45) is 19.9. The van der Waals surface area contributed by atoms with Gasteiger partial charge in [-0.3, -0.25) is 9.89 Å². The first-order valence-electron chi connectivity index (χ1n) is 25.2. The predicted octanol–water partition coefficient (Wildman–Crippen LogP) is 9.03. The van der Waals surface area contributed by atoms with Gasteiger partial charge in [-0.05, 0) is 124 Å². The zero-order chi connectivity index (χ0) is 46.8. The lowest BCUT2D eigenvalue weighted by Crippen LogP contribution is -2.42. The second-order valence-corrected chi connectivity index (χ2v) is 20.9. The Bertz CT molecular complexity index is 2600. The zero-order valence-electron chi connectivity index (χ0n) is 40.2. The molecule has 2 aromatic carbocycles. The Hall–Kier alpha value is -5.65. The maximum absolute atomic E-state index is 11.9. The first kappa shape index (κ1) is 46.1. The number of H-pyrrole nitrogens is 1. The molecule has 14 nitrogen and oxygen atoms in total. The molecule has 0 bridgehead atoms. The van der Waals surface area contributed by atoms with E-state index in [-0.39, 0.29) is 12.0 Å². The molecule has 68 heavy (non-hydrogen) atoms. The number of piperidine rings is 2. The Morgan fingerprint density at radius 1 is 0.912 bits per heavy atom. The summed E-state index contributed by atoms with van der Waals surface area (Å²) in [7, 11) is 2.00. The van der Waals surface area contributed by atoms with Crippen LogP contribution < -0.4 is 19.4 Å². The van der Waals surface area contributed by atoms with Crippen molar-refractivity contribution >= 4 is 40.5 Å². The lowest BCUT2D eigenvalue weighted by molar-refractivity contribution is -0.129. The number of benzene rings is 2. The zero-order valence-corrected chi connectivity index (χ0v) is 41.0. The van der Waals surface area contributed by atoms with E-state index in [1.54, 1.807) is 6.92 Å². The van der Waals surface area contributed by atoms with Crippen molar-refractivity contribution in [3.63, 3.8) is 0 Å². The summed E-state index contributed by atoms with van der Waals surface area (Å²) in [5.74, 6) is 3.61. The summed E-state index contributed by atoms with van der Waals surface area (Å²) in [6, 6.07) is 16.6. The van der Waals surface area contributed by atoms with Crippen LogP contribution >= 0.6 is 11.6 Å². The van der Waals surface area contributed by atoms with Gasteiger partial charge in [0, 0.05) is 120 Å². The van der Waals surface area contributed by atoms with E-state index in [1.807, 2.05) is 47.1 Å². The topological polar surface area (TPSA) is 139 Å². The van der Waals surface area contributed by atoms with Crippen LogP contribution in [-0.4, -0.2) is 111 Å². The van der Waals surface area contributed by atoms with E-state index in [2.05, 4.69) is 82.4 Å². The number of halogens is 1. The molecule has 1 N–H and O–H groups in total. The minimum absolute atomic E-state index is 0.123. The molecule has 6 aliphatic rings. The van der Waals surface area contributed by atoms with Gasteiger partial charge < -0.3 is 33.8 Å². The minimum Gasteiger partial charge on any atom is -0.473 e. The van der Waals surface area contributed by atoms with E-state index in [0.29, 0.717) is 28.4 Å². The minimum atomic E-state index is 0.123. The predicted molar refractivity (Wildman–Crippen MR) is 268 cm³/mol. The number of amides is 1. The monoisotopic (exact) mass is 939 g/mol. The van der Waals surface area contributed by atoms with Gasteiger partial charge in [-0.25, -0.2) is 4.98 Å². The van der Waals surface area contributed by atoms with E-state index in [1.165, 1.54) is 67.4 Å². The maximum Gasteiger partial charge on any atom is 0.233 e. The molecule has 8 heterocycles. The van der Waals surface area contributed by atoms with Crippen LogP contribution in [0.25, 0.3) is 11.3 Å². The molecule has 5 aromatic rings. The second-order valence-electron chi connectivity index (χ2n) is 20.5. The van der Waals surface area contributed by atoms with Crippen molar-refractivity contribution in [2.75, 3.05) is 73.6 Å². The van der Waals surface area contributed by atoms with Gasteiger partial charge in [0.15, 0.2) is 11.6 Å². The molecule has 358 valence electrons. The van der Waals surface area contributed by atoms with E-state index >= 15 is 0 Å². The number of carbonyl (C=O) groups is 1. The van der Waals surface area contributed by atoms with Crippen LogP contribution in [0.15, 0.2) is 55.0 Å². The summed E-state index contributed by atoms with van der Waals surface area (Å²) in [5.41, 5.74) is 10.3. The van der Waals surface area contributed by atoms with Crippen LogP contribution in [0, 0.1) is 29.6 Å². The highest BCUT2D eigenvalue weighted by Crippen LogP contribution is 2.44. The van der Waals surface area contributed by atoms with Crippen molar-refractivity contribution in [2.24, 2.45) is 18.4 Å². The summed E-state index contributed by atoms with van der Waals surface area (Å²) >= 11 is 6.30. The number of hydrogen-bond acceptors (Lipinski definition) is 11. The number of imidazole rings is 1. The molecule has 4 fully saturated rings. The molecular formula is C53H67ClN12O2. The van der Waals surface area contributed by atoms with Gasteiger partial charge in [0.1, 0.15) is 12.2 Å². The average Bonchev–Trinajstić information content (AvgIpc) is 4.11. The van der Waals surface area contributed by atoms with E-state index < -0.39 is 0 Å². The lowest BCUT2D eigenvalue weighted by Gasteiger charge is -2.39. The lowest BCUT2D eigenvalue weighted by atomic mass is 9.78. The van der Waals surface area contributed by atoms with E-state index in [9.17, 15) is 4.79 Å². The summed E-state index contributed by atoms with van der Waals surface area (Å²) < 4.78 is 8.22. The molecule has 1 amide bonds. The quantitative estimate of drug-likeness (QED) is 0.160. The summed E-state index contributed by atoms with van der Waals surface area (Å²) in [5, 5.41) is 26.6. The molecule has 0 radical (unpaired) electrons. The molecule has 1 aliphatic carbocycles. The van der Waals surface area contributed by atoms with Crippen molar-refractivity contribution in [3.8, 4) is 23.2 Å². The van der Waals surface area contributed by atoms with Gasteiger partial charge >= 0.3 is 0 Å². The third-order valence-corrected chi connectivity index (χ3v) is 16.2. The number of nitrogens with one attached hydrogen (secondary N) is 1. The third-order valence-electron chi connectivity index (χ3n) is 15.9. The normalized spacial score (nSPS) is 19.9. The molecule has 5 aliphatic heterocycles. The summed E-state index contributed by atoms with van der Waals surface area (Å²) in [6.45, 7) is 13.7. The summed E-state index contributed by atoms with van der Waals surface area (Å²) in [4.78, 5) is 28.1. The SMILES string of the molecule is CC(=O)N1CCc2[nH]nc(N3CCCc4cc(-c5cn(C)cn5)c(C)cc43)c2C1.N#Cc1ccc(N2CCC3(CCN(c4ccc(OC5CCN(CC6CCCCC6)CC5)nn4)CC3)C2)cc1Cl. The number of nitrogens with zero attached hydrogens (tertiary/aromatic N) is 11. The van der Waals surface area contributed by atoms with Crippen molar-refractivity contribution < 1.29 is 9.53 Å². The van der Waals surface area contributed by atoms with Crippen LogP contribution in [0.5, 0.6) is 5.88 Å². The van der Waals surface area contributed by atoms with Gasteiger partial charge in [0.2, 0.25) is 11.8 Å². The van der Waals surface area contributed by atoms with Gasteiger partial charge in [-0.1, -0.05) is 30.9 Å². The Morgan fingerprint density at radius 2 is 1.71 bits per heavy atom. The Balaban J connectivity index is 0.000000165. The highest BCUT2D eigenvalue weighted by Gasteiger charge is 2.41. The number of aromatic amines is 1. The van der Waals surface area contributed by atoms with Crippen molar-refractivity contribution in [2.45, 2.75) is 110 Å². The van der Waals surface area contributed by atoms with Crippen molar-refractivity contribution in [3.05, 3.63) is 88.0 Å². The molecule has 1 spiro atoms. The van der Waals surface area contributed by atoms with E-state index in [4.69, 9.17) is 21.6 Å². The highest BCUT2D eigenvalue weighted by atomic mass is 35.5. The molecule has 15 heteroatoms. The molecule has 0 atom stereocenters. The van der Waals surface area contributed by atoms with E-state index in [0.717, 1.165) is 137 Å². The number of hydrogen-bond donors (Lipinski definition) is 1. The number of aromatic nitrogens is 6. The van der Waals surface area contributed by atoms with Crippen molar-refractivity contribution in [1.82, 2.24) is 39.7 Å². The molecule has 0 unspecified atom stereocenters. The smallest absolute Gasteiger partial charge is 0.233 e. The number of fused-ring (bicyclic) bond motifs is 2. The number of aryl methyl sites for hydroxylation is 3. The molecular weight excluding hydrogens is 872 g/mol. The van der Waals surface area contributed by atoms with Crippen LogP contribution in [0.4, 0.5) is 23.0 Å². The number of nitriles is 1. The van der Waals surface area contributed by atoms with Gasteiger partial charge in [0.25, 0.3) is 0 Å². The van der Waals surface area contributed by atoms with Gasteiger partial charge in [0.05, 0.1) is 29.2 Å². The Kier molecular flexibility index (Phi) is 13.6. The maximum atomic E-state index is 11.9. The van der Waals surface area contributed by atoms with Crippen LogP contribution in [-0.2, 0) is 31.2 Å². The Morgan fingerprint density at radius 3 is 2.41 bits per heavy atom. The fourth-order valence-corrected chi connectivity index (χ4v) is 12.0. The standard InChI is InChI=1S/C31H41ClN6O.C22H26N6O/c32-28-20-26(7-6-25(28)21-33)38-19-14-31(23-38)12-17-37(18-13-31)29-8-9-30(35-34-29)39-27-10-15-36(16-11-27)22-24-4-2-1-3-5-24;1-14-9-21-16(10-17(14)20-12-26(3)13-23-20)5-4-7-28(21)22-18-11-27(15(2)29)8-6-19(18)24-25-22/h6-9,20,24,27H,1-5,10-19,22-23H2;9-10,12-13H,4-8,11H2,1-3H3,(H,24,25). The van der Waals surface area contributed by atoms with Crippen LogP contribution in [0.1, 0.15) is 106 Å². The van der Waals surface area contributed by atoms with Crippen LogP contribution in [0.2, 0.25) is 5.02 Å². The number of rotatable bonds is 8. The highest BCUT2D eigenvalue weighted by molar-refractivity contribution is 6.32. The number of anilines is 4. The number of carbonyl (C=O) groups excluding carboxylic acids is 1. The second kappa shape index (κ2) is 20.1. The van der Waals surface area contributed by atoms with Gasteiger partial charge in [-0.2, -0.15) is 10.4 Å². The fraction of sp³-hybridized carbons (Fsp3) is 0.547. The third kappa shape index (κ3) is 10.1. The van der Waals surface area contributed by atoms with Crippen molar-refractivity contribution in [1.29, 1.82) is 5.26 Å². The van der Waals surface area contributed by atoms with Crippen LogP contribution in [0.3, 0.4) is 0 Å². The fourth-order valence-electron chi connectivity index (χ4n) is 11.8. The number of likely N-dealkylation sites (tertiary alicyclic amines) is 1. The molecule has 11 rings (SSSR count). The average molecular weight is 940 g/mol. The molecule has 3 aromatic heterocycles. The first-order chi connectivity index (χ1) is 33.1. The molecule has 1 saturated carbocycles. The van der Waals surface area contributed by atoms with Gasteiger partial charge in [-0.15, -0.1) is 10.2 Å². The largest absolute Gasteiger partial charge is 0.473 e.